The number of hydrogen-bond acceptors (Lipinski definition) is 2. The van der Waals surface area contributed by atoms with E-state index in [1.165, 1.54) is 5.56 Å². The minimum Gasteiger partial charge on any atom is -0.229 e. The van der Waals surface area contributed by atoms with Crippen LogP contribution in [0.2, 0.25) is 0 Å². The molecule has 0 amide bonds. The fourth-order valence-corrected chi connectivity index (χ4v) is 2.65. The van der Waals surface area contributed by atoms with E-state index in [4.69, 9.17) is 9.78 Å². The molecule has 0 spiro atoms. The summed E-state index contributed by atoms with van der Waals surface area (Å²) in [6, 6.07) is 10.4. The Bertz CT molecular complexity index is 356. The second-order valence-corrected chi connectivity index (χ2v) is 4.95. The van der Waals surface area contributed by atoms with Gasteiger partial charge in [-0.15, -0.1) is 0 Å². The molecule has 0 radical (unpaired) electrons. The standard InChI is InChI=1S/C15H22O2/c1-4-14(5-2)12-15(6-3,17-16-14)13-10-8-7-9-11-13/h7-11H,4-6,12H2,1-3H3. The SMILES string of the molecule is CCC1(CC)CC(CC)(c2ccccc2)OO1. The van der Waals surface area contributed by atoms with Crippen molar-refractivity contribution < 1.29 is 9.78 Å². The van der Waals surface area contributed by atoms with Crippen LogP contribution in [0.15, 0.2) is 30.3 Å². The molecule has 2 heteroatoms. The molecule has 1 aromatic rings. The van der Waals surface area contributed by atoms with Crippen LogP contribution in [0.1, 0.15) is 52.0 Å². The van der Waals surface area contributed by atoms with E-state index in [1.54, 1.807) is 0 Å². The third kappa shape index (κ3) is 2.12. The second kappa shape index (κ2) is 4.79. The van der Waals surface area contributed by atoms with E-state index < -0.39 is 0 Å². The quantitative estimate of drug-likeness (QED) is 0.727. The summed E-state index contributed by atoms with van der Waals surface area (Å²) in [4.78, 5) is 11.5. The van der Waals surface area contributed by atoms with Crippen molar-refractivity contribution in [2.24, 2.45) is 0 Å². The monoisotopic (exact) mass is 234 g/mol. The van der Waals surface area contributed by atoms with E-state index >= 15 is 0 Å². The maximum absolute atomic E-state index is 5.77. The topological polar surface area (TPSA) is 18.5 Å². The Balaban J connectivity index is 2.30. The molecule has 2 rings (SSSR count). The van der Waals surface area contributed by atoms with Gasteiger partial charge in [-0.3, -0.25) is 0 Å². The summed E-state index contributed by atoms with van der Waals surface area (Å²) < 4.78 is 0. The summed E-state index contributed by atoms with van der Waals surface area (Å²) in [5.41, 5.74) is 0.866. The van der Waals surface area contributed by atoms with Crippen LogP contribution in [0.4, 0.5) is 0 Å². The van der Waals surface area contributed by atoms with Crippen LogP contribution in [0.3, 0.4) is 0 Å². The molecule has 0 bridgehead atoms. The maximum atomic E-state index is 5.77. The third-order valence-electron chi connectivity index (χ3n) is 4.15. The summed E-state index contributed by atoms with van der Waals surface area (Å²) in [5, 5.41) is 0. The van der Waals surface area contributed by atoms with Crippen molar-refractivity contribution in [1.29, 1.82) is 0 Å². The summed E-state index contributed by atoms with van der Waals surface area (Å²) in [7, 11) is 0. The van der Waals surface area contributed by atoms with Gasteiger partial charge in [0.1, 0.15) is 11.2 Å². The van der Waals surface area contributed by atoms with Crippen molar-refractivity contribution in [3.8, 4) is 0 Å². The summed E-state index contributed by atoms with van der Waals surface area (Å²) in [6.45, 7) is 6.50. The van der Waals surface area contributed by atoms with Crippen LogP contribution >= 0.6 is 0 Å². The lowest BCUT2D eigenvalue weighted by Gasteiger charge is -2.26. The van der Waals surface area contributed by atoms with Crippen LogP contribution in [0, 0.1) is 0 Å². The highest BCUT2D eigenvalue weighted by atomic mass is 17.2. The molecular formula is C15H22O2. The number of rotatable bonds is 4. The Labute approximate surface area is 104 Å². The van der Waals surface area contributed by atoms with E-state index in [0.29, 0.717) is 0 Å². The Kier molecular flexibility index (Phi) is 3.55. The molecule has 94 valence electrons. The minimum atomic E-state index is -0.257. The Morgan fingerprint density at radius 2 is 1.59 bits per heavy atom. The lowest BCUT2D eigenvalue weighted by atomic mass is 9.79. The Morgan fingerprint density at radius 1 is 0.941 bits per heavy atom. The zero-order valence-electron chi connectivity index (χ0n) is 11.0. The molecule has 1 aliphatic rings. The van der Waals surface area contributed by atoms with Gasteiger partial charge < -0.3 is 0 Å². The maximum Gasteiger partial charge on any atom is 0.131 e. The molecule has 2 nitrogen and oxygen atoms in total. The van der Waals surface area contributed by atoms with Gasteiger partial charge in [0.25, 0.3) is 0 Å². The molecule has 0 saturated carbocycles. The zero-order chi connectivity index (χ0) is 12.4. The normalized spacial score (nSPS) is 27.2. The highest BCUT2D eigenvalue weighted by Gasteiger charge is 2.49. The van der Waals surface area contributed by atoms with E-state index in [0.717, 1.165) is 25.7 Å². The van der Waals surface area contributed by atoms with Crippen LogP contribution in [-0.2, 0) is 15.4 Å². The Morgan fingerprint density at radius 3 is 2.06 bits per heavy atom. The molecule has 0 N–H and O–H groups in total. The van der Waals surface area contributed by atoms with Gasteiger partial charge in [0, 0.05) is 6.42 Å². The molecule has 1 fully saturated rings. The van der Waals surface area contributed by atoms with Crippen molar-refractivity contribution in [3.05, 3.63) is 35.9 Å². The average molecular weight is 234 g/mol. The van der Waals surface area contributed by atoms with Crippen molar-refractivity contribution >= 4 is 0 Å². The van der Waals surface area contributed by atoms with Crippen molar-refractivity contribution in [3.63, 3.8) is 0 Å². The van der Waals surface area contributed by atoms with Crippen molar-refractivity contribution in [1.82, 2.24) is 0 Å². The smallest absolute Gasteiger partial charge is 0.131 e. The van der Waals surface area contributed by atoms with Gasteiger partial charge in [-0.05, 0) is 24.8 Å². The predicted molar refractivity (Wildman–Crippen MR) is 68.5 cm³/mol. The highest BCUT2D eigenvalue weighted by molar-refractivity contribution is 5.24. The van der Waals surface area contributed by atoms with Gasteiger partial charge in [-0.1, -0.05) is 51.1 Å². The molecule has 1 atom stereocenters. The lowest BCUT2D eigenvalue weighted by molar-refractivity contribution is -0.355. The highest BCUT2D eigenvalue weighted by Crippen LogP contribution is 2.48. The number of benzene rings is 1. The first-order valence-electron chi connectivity index (χ1n) is 6.62. The van der Waals surface area contributed by atoms with E-state index in [2.05, 4.69) is 45.0 Å². The van der Waals surface area contributed by atoms with Crippen molar-refractivity contribution in [2.45, 2.75) is 57.7 Å². The average Bonchev–Trinajstić information content (AvgIpc) is 2.81. The van der Waals surface area contributed by atoms with Gasteiger partial charge in [-0.25, -0.2) is 9.78 Å². The van der Waals surface area contributed by atoms with Gasteiger partial charge in [0.05, 0.1) is 0 Å². The largest absolute Gasteiger partial charge is 0.229 e. The molecule has 1 unspecified atom stereocenters. The van der Waals surface area contributed by atoms with E-state index in [9.17, 15) is 0 Å². The second-order valence-electron chi connectivity index (χ2n) is 4.95. The fourth-order valence-electron chi connectivity index (χ4n) is 2.65. The zero-order valence-corrected chi connectivity index (χ0v) is 11.0. The first-order valence-corrected chi connectivity index (χ1v) is 6.62. The Hall–Kier alpha value is -0.860. The summed E-state index contributed by atoms with van der Waals surface area (Å²) >= 11 is 0. The molecular weight excluding hydrogens is 212 g/mol. The molecule has 0 aromatic heterocycles. The first kappa shape index (κ1) is 12.6. The molecule has 0 aliphatic carbocycles. The van der Waals surface area contributed by atoms with Crippen LogP contribution in [0.5, 0.6) is 0 Å². The molecule has 1 saturated heterocycles. The summed E-state index contributed by atoms with van der Waals surface area (Å²) in [5.74, 6) is 0. The van der Waals surface area contributed by atoms with Gasteiger partial charge >= 0.3 is 0 Å². The number of hydrogen-bond donors (Lipinski definition) is 0. The summed E-state index contributed by atoms with van der Waals surface area (Å²) in [6.07, 6.45) is 3.89. The van der Waals surface area contributed by atoms with Gasteiger partial charge in [0.15, 0.2) is 0 Å². The first-order chi connectivity index (χ1) is 8.20. The van der Waals surface area contributed by atoms with Crippen LogP contribution in [0.25, 0.3) is 0 Å². The van der Waals surface area contributed by atoms with Gasteiger partial charge in [-0.2, -0.15) is 0 Å². The van der Waals surface area contributed by atoms with Gasteiger partial charge in [0.2, 0.25) is 0 Å². The molecule has 1 heterocycles. The van der Waals surface area contributed by atoms with Crippen molar-refractivity contribution in [2.75, 3.05) is 0 Å². The van der Waals surface area contributed by atoms with Crippen LogP contribution in [-0.4, -0.2) is 5.60 Å². The fraction of sp³-hybridized carbons (Fsp3) is 0.600. The predicted octanol–water partition coefficient (Wildman–Crippen LogP) is 4.20. The minimum absolute atomic E-state index is 0.105. The molecule has 1 aromatic carbocycles. The van der Waals surface area contributed by atoms with Crippen LogP contribution < -0.4 is 0 Å². The van der Waals surface area contributed by atoms with E-state index in [1.807, 2.05) is 6.07 Å². The molecule has 1 aliphatic heterocycles. The third-order valence-corrected chi connectivity index (χ3v) is 4.15. The molecule has 17 heavy (non-hydrogen) atoms. The lowest BCUT2D eigenvalue weighted by Crippen LogP contribution is -2.30. The van der Waals surface area contributed by atoms with E-state index in [-0.39, 0.29) is 11.2 Å².